The van der Waals surface area contributed by atoms with Gasteiger partial charge in [-0.15, -0.1) is 0 Å². The first kappa shape index (κ1) is 16.4. The van der Waals surface area contributed by atoms with E-state index in [1.54, 1.807) is 0 Å². The Hall–Kier alpha value is -1.48. The average Bonchev–Trinajstić information content (AvgIpc) is 3.12. The summed E-state index contributed by atoms with van der Waals surface area (Å²) < 4.78 is 7.24. The van der Waals surface area contributed by atoms with Gasteiger partial charge in [0, 0.05) is 17.2 Å². The van der Waals surface area contributed by atoms with Crippen LogP contribution >= 0.6 is 6.19 Å². The largest absolute Gasteiger partial charge is 0.468 e. The third-order valence-electron chi connectivity index (χ3n) is 4.27. The van der Waals surface area contributed by atoms with Crippen LogP contribution in [0.3, 0.4) is 0 Å². The Balaban J connectivity index is 2.13. The smallest absolute Gasteiger partial charge is 0.323 e. The number of carbonyl (C=O) groups excluding carboxylic acids is 1. The summed E-state index contributed by atoms with van der Waals surface area (Å²) in [5.41, 5.74) is 0. The third kappa shape index (κ3) is 2.99. The van der Waals surface area contributed by atoms with Crippen molar-refractivity contribution in [1.82, 2.24) is 4.67 Å². The highest BCUT2D eigenvalue weighted by atomic mass is 32.4. The highest BCUT2D eigenvalue weighted by molar-refractivity contribution is 8.20. The third-order valence-corrected chi connectivity index (χ3v) is 9.36. The quantitative estimate of drug-likeness (QED) is 0.629. The summed E-state index contributed by atoms with van der Waals surface area (Å²) in [4.78, 5) is 12.2. The fourth-order valence-corrected chi connectivity index (χ4v) is 7.56. The Kier molecular flexibility index (Phi) is 4.96. The summed E-state index contributed by atoms with van der Waals surface area (Å²) in [6, 6.07) is 20.1. The number of ether oxygens (including phenoxy) is 1. The van der Waals surface area contributed by atoms with Gasteiger partial charge < -0.3 is 4.74 Å². The molecule has 3 nitrogen and oxygen atoms in total. The van der Waals surface area contributed by atoms with Crippen molar-refractivity contribution >= 4 is 34.6 Å². The number of hydrogen-bond donors (Lipinski definition) is 0. The summed E-state index contributed by atoms with van der Waals surface area (Å²) >= 11 is 6.27. The van der Waals surface area contributed by atoms with Gasteiger partial charge in [-0.1, -0.05) is 72.5 Å². The van der Waals surface area contributed by atoms with Crippen LogP contribution in [0.1, 0.15) is 12.8 Å². The molecule has 2 aromatic rings. The maximum Gasteiger partial charge on any atom is 0.323 e. The molecule has 0 spiro atoms. The van der Waals surface area contributed by atoms with Gasteiger partial charge in [-0.05, 0) is 12.8 Å². The molecule has 120 valence electrons. The first-order valence-corrected chi connectivity index (χ1v) is 10.5. The van der Waals surface area contributed by atoms with Crippen molar-refractivity contribution < 1.29 is 9.53 Å². The van der Waals surface area contributed by atoms with Crippen molar-refractivity contribution in [1.29, 1.82) is 0 Å². The van der Waals surface area contributed by atoms with Gasteiger partial charge >= 0.3 is 5.97 Å². The predicted octanol–water partition coefficient (Wildman–Crippen LogP) is 2.67. The van der Waals surface area contributed by atoms with Gasteiger partial charge in [0.2, 0.25) is 0 Å². The summed E-state index contributed by atoms with van der Waals surface area (Å²) in [7, 11) is 1.45. The maximum atomic E-state index is 12.2. The Morgan fingerprint density at radius 2 is 1.61 bits per heavy atom. The molecule has 0 radical (unpaired) electrons. The second-order valence-corrected chi connectivity index (χ2v) is 9.88. The van der Waals surface area contributed by atoms with Gasteiger partial charge in [0.15, 0.2) is 0 Å². The van der Waals surface area contributed by atoms with E-state index in [0.29, 0.717) is 0 Å². The fraction of sp³-hybridized carbons (Fsp3) is 0.278. The summed E-state index contributed by atoms with van der Waals surface area (Å²) in [6.45, 7) is 0.834. The average molecular weight is 345 g/mol. The molecule has 23 heavy (non-hydrogen) atoms. The highest BCUT2D eigenvalue weighted by Crippen LogP contribution is 2.51. The molecule has 0 aliphatic carbocycles. The van der Waals surface area contributed by atoms with Gasteiger partial charge in [-0.2, -0.15) is 0 Å². The van der Waals surface area contributed by atoms with E-state index >= 15 is 0 Å². The molecule has 1 heterocycles. The molecule has 1 atom stereocenters. The molecule has 1 fully saturated rings. The molecule has 0 bridgehead atoms. The molecular weight excluding hydrogens is 325 g/mol. The minimum atomic E-state index is -2.23. The van der Waals surface area contributed by atoms with Crippen molar-refractivity contribution in [3.8, 4) is 0 Å². The zero-order valence-corrected chi connectivity index (χ0v) is 14.8. The number of methoxy groups -OCH3 is 1. The summed E-state index contributed by atoms with van der Waals surface area (Å²) in [6.07, 6.45) is -0.449. The normalized spacial score (nSPS) is 18.7. The number of nitrogens with zero attached hydrogens (tertiary/aromatic N) is 1. The Morgan fingerprint density at radius 3 is 2.09 bits per heavy atom. The molecule has 5 heteroatoms. The van der Waals surface area contributed by atoms with E-state index in [9.17, 15) is 4.79 Å². The van der Waals surface area contributed by atoms with Gasteiger partial charge in [0.25, 0.3) is 0 Å². The minimum Gasteiger partial charge on any atom is -0.468 e. The van der Waals surface area contributed by atoms with Gasteiger partial charge in [0.05, 0.1) is 13.3 Å². The van der Waals surface area contributed by atoms with Crippen LogP contribution in [0.15, 0.2) is 60.7 Å². The molecule has 1 saturated heterocycles. The second kappa shape index (κ2) is 6.96. The fourth-order valence-electron chi connectivity index (χ4n) is 3.17. The van der Waals surface area contributed by atoms with Crippen molar-refractivity contribution in [2.45, 2.75) is 18.9 Å². The molecule has 1 aliphatic heterocycles. The number of rotatable bonds is 4. The standard InChI is InChI=1S/C18H20NO2PS/c1-21-18(20)17-13-8-14-19(17)22(23,15-9-4-2-5-10-15)16-11-6-3-7-12-16/h2-7,9-12,17H,8,13-14H2,1H3/t17-/m0/s1. The lowest BCUT2D eigenvalue weighted by molar-refractivity contribution is -0.144. The lowest BCUT2D eigenvalue weighted by Crippen LogP contribution is -2.40. The lowest BCUT2D eigenvalue weighted by Gasteiger charge is -2.36. The first-order chi connectivity index (χ1) is 11.2. The molecule has 0 aromatic heterocycles. The number of carbonyl (C=O) groups is 1. The molecular formula is C18H20NO2PS. The molecule has 2 aromatic carbocycles. The van der Waals surface area contributed by atoms with Crippen LogP contribution in [0, 0.1) is 0 Å². The topological polar surface area (TPSA) is 29.5 Å². The first-order valence-electron chi connectivity index (χ1n) is 7.74. The molecule has 0 saturated carbocycles. The van der Waals surface area contributed by atoms with Crippen LogP contribution in [0.5, 0.6) is 0 Å². The summed E-state index contributed by atoms with van der Waals surface area (Å²) in [5, 5.41) is 2.24. The van der Waals surface area contributed by atoms with E-state index in [4.69, 9.17) is 16.5 Å². The van der Waals surface area contributed by atoms with Gasteiger partial charge in [-0.3, -0.25) is 9.46 Å². The van der Waals surface area contributed by atoms with Gasteiger partial charge in [0.1, 0.15) is 6.04 Å². The van der Waals surface area contributed by atoms with Crippen LogP contribution in [0.25, 0.3) is 0 Å². The monoisotopic (exact) mass is 345 g/mol. The molecule has 3 rings (SSSR count). The second-order valence-electron chi connectivity index (χ2n) is 5.59. The van der Waals surface area contributed by atoms with E-state index in [2.05, 4.69) is 28.9 Å². The molecule has 0 N–H and O–H groups in total. The summed E-state index contributed by atoms with van der Waals surface area (Å²) in [5.74, 6) is -0.177. The van der Waals surface area contributed by atoms with Crippen molar-refractivity contribution in [3.05, 3.63) is 60.7 Å². The van der Waals surface area contributed by atoms with Gasteiger partial charge in [-0.25, -0.2) is 0 Å². The van der Waals surface area contributed by atoms with Crippen LogP contribution < -0.4 is 10.6 Å². The minimum absolute atomic E-state index is 0.177. The van der Waals surface area contributed by atoms with Crippen LogP contribution in [-0.4, -0.2) is 30.3 Å². The number of hydrogen-bond acceptors (Lipinski definition) is 3. The molecule has 0 amide bonds. The number of esters is 1. The van der Waals surface area contributed by atoms with E-state index in [1.165, 1.54) is 7.11 Å². The lowest BCUT2D eigenvalue weighted by atomic mass is 10.2. The van der Waals surface area contributed by atoms with Crippen molar-refractivity contribution in [2.75, 3.05) is 13.7 Å². The Labute approximate surface area is 142 Å². The number of benzene rings is 2. The van der Waals surface area contributed by atoms with E-state index < -0.39 is 6.19 Å². The SMILES string of the molecule is COC(=O)[C@@H]1CCCN1P(=S)(c1ccccc1)c1ccccc1. The van der Waals surface area contributed by atoms with Crippen molar-refractivity contribution in [3.63, 3.8) is 0 Å². The van der Waals surface area contributed by atoms with Crippen molar-refractivity contribution in [2.24, 2.45) is 0 Å². The van der Waals surface area contributed by atoms with E-state index in [1.807, 2.05) is 36.4 Å². The Morgan fingerprint density at radius 1 is 1.09 bits per heavy atom. The van der Waals surface area contributed by atoms with Crippen LogP contribution in [0.2, 0.25) is 0 Å². The predicted molar refractivity (Wildman–Crippen MR) is 98.2 cm³/mol. The van der Waals surface area contributed by atoms with E-state index in [0.717, 1.165) is 30.0 Å². The zero-order valence-electron chi connectivity index (χ0n) is 13.1. The van der Waals surface area contributed by atoms with Crippen LogP contribution in [0.4, 0.5) is 0 Å². The Bertz CT molecular complexity index is 677. The van der Waals surface area contributed by atoms with Crippen LogP contribution in [-0.2, 0) is 21.3 Å². The molecule has 0 unspecified atom stereocenters. The van der Waals surface area contributed by atoms with E-state index in [-0.39, 0.29) is 12.0 Å². The maximum absolute atomic E-state index is 12.2. The zero-order chi connectivity index (χ0) is 16.3. The highest BCUT2D eigenvalue weighted by Gasteiger charge is 2.41. The molecule has 1 aliphatic rings.